The number of hydrogen-bond acceptors (Lipinski definition) is 1. The predicted molar refractivity (Wildman–Crippen MR) is 52.7 cm³/mol. The van der Waals surface area contributed by atoms with E-state index in [4.69, 9.17) is 0 Å². The molecule has 13 heavy (non-hydrogen) atoms. The lowest BCUT2D eigenvalue weighted by molar-refractivity contribution is -0.107. The van der Waals surface area contributed by atoms with Crippen molar-refractivity contribution in [2.45, 2.75) is 6.42 Å². The van der Waals surface area contributed by atoms with Gasteiger partial charge in [0.05, 0.1) is 0 Å². The number of hydrogen-bond donors (Lipinski definition) is 0. The van der Waals surface area contributed by atoms with Gasteiger partial charge in [0.2, 0.25) is 0 Å². The van der Waals surface area contributed by atoms with Crippen molar-refractivity contribution in [1.29, 1.82) is 0 Å². The summed E-state index contributed by atoms with van der Waals surface area (Å²) in [6.07, 6.45) is 3.46. The third-order valence-corrected chi connectivity index (χ3v) is 2.27. The van der Waals surface area contributed by atoms with Crippen molar-refractivity contribution < 1.29 is 4.79 Å². The molecule has 1 aromatic carbocycles. The fourth-order valence-electron chi connectivity index (χ4n) is 1.55. The van der Waals surface area contributed by atoms with Gasteiger partial charge < -0.3 is 9.36 Å². The minimum Gasteiger partial charge on any atom is -0.351 e. The maximum absolute atomic E-state index is 10.3. The number of aldehydes is 1. The Kier molecular flexibility index (Phi) is 1.89. The molecule has 0 saturated heterocycles. The van der Waals surface area contributed by atoms with E-state index in [0.717, 1.165) is 11.8 Å². The van der Waals surface area contributed by atoms with E-state index in [9.17, 15) is 4.79 Å². The van der Waals surface area contributed by atoms with Gasteiger partial charge in [-0.05, 0) is 29.1 Å². The Labute approximate surface area is 76.8 Å². The fourth-order valence-corrected chi connectivity index (χ4v) is 1.55. The van der Waals surface area contributed by atoms with Crippen LogP contribution in [0.5, 0.6) is 0 Å². The topological polar surface area (TPSA) is 22.0 Å². The SMILES string of the molecule is Cn1ccc2cc(CC=O)ccc21. The maximum atomic E-state index is 10.3. The molecular formula is C11H11NO. The molecule has 0 radical (unpaired) electrons. The van der Waals surface area contributed by atoms with E-state index in [2.05, 4.69) is 16.7 Å². The van der Waals surface area contributed by atoms with E-state index in [1.54, 1.807) is 0 Å². The molecule has 0 aliphatic heterocycles. The Morgan fingerprint density at radius 3 is 3.00 bits per heavy atom. The van der Waals surface area contributed by atoms with Crippen LogP contribution in [0.15, 0.2) is 30.5 Å². The summed E-state index contributed by atoms with van der Waals surface area (Å²) in [6, 6.07) is 8.16. The van der Waals surface area contributed by atoms with Gasteiger partial charge in [0.1, 0.15) is 6.29 Å². The third kappa shape index (κ3) is 1.35. The van der Waals surface area contributed by atoms with Gasteiger partial charge in [0.25, 0.3) is 0 Å². The normalized spacial score (nSPS) is 10.5. The molecule has 2 aromatic rings. The first kappa shape index (κ1) is 8.05. The molecule has 0 unspecified atom stereocenters. The molecule has 66 valence electrons. The van der Waals surface area contributed by atoms with Crippen molar-refractivity contribution in [1.82, 2.24) is 4.57 Å². The molecule has 0 N–H and O–H groups in total. The zero-order valence-electron chi connectivity index (χ0n) is 7.53. The summed E-state index contributed by atoms with van der Waals surface area (Å²) in [5.41, 5.74) is 2.28. The van der Waals surface area contributed by atoms with E-state index >= 15 is 0 Å². The highest BCUT2D eigenvalue weighted by atomic mass is 16.1. The Hall–Kier alpha value is -1.57. The highest BCUT2D eigenvalue weighted by molar-refractivity contribution is 5.81. The van der Waals surface area contributed by atoms with Crippen molar-refractivity contribution in [3.05, 3.63) is 36.0 Å². The lowest BCUT2D eigenvalue weighted by atomic mass is 10.1. The summed E-state index contributed by atoms with van der Waals surface area (Å²) in [7, 11) is 2.02. The highest BCUT2D eigenvalue weighted by Crippen LogP contribution is 2.16. The number of aromatic nitrogens is 1. The Morgan fingerprint density at radius 1 is 1.38 bits per heavy atom. The minimum atomic E-state index is 0.505. The summed E-state index contributed by atoms with van der Waals surface area (Å²) in [6.45, 7) is 0. The second-order valence-electron chi connectivity index (χ2n) is 3.19. The molecule has 0 fully saturated rings. The van der Waals surface area contributed by atoms with Gasteiger partial charge in [-0.15, -0.1) is 0 Å². The van der Waals surface area contributed by atoms with Gasteiger partial charge in [-0.1, -0.05) is 6.07 Å². The summed E-state index contributed by atoms with van der Waals surface area (Å²) >= 11 is 0. The number of benzene rings is 1. The molecule has 0 saturated carbocycles. The van der Waals surface area contributed by atoms with Crippen molar-refractivity contribution in [3.8, 4) is 0 Å². The number of carbonyl (C=O) groups is 1. The fraction of sp³-hybridized carbons (Fsp3) is 0.182. The van der Waals surface area contributed by atoms with E-state index in [1.807, 2.05) is 25.4 Å². The Balaban J connectivity index is 2.56. The van der Waals surface area contributed by atoms with Crippen LogP contribution in [-0.2, 0) is 18.3 Å². The Morgan fingerprint density at radius 2 is 2.23 bits per heavy atom. The standard InChI is InChI=1S/C11H11NO/c1-12-6-4-10-8-9(5-7-13)2-3-11(10)12/h2-4,6-8H,5H2,1H3. The molecule has 0 atom stereocenters. The van der Waals surface area contributed by atoms with E-state index in [0.29, 0.717) is 6.42 Å². The number of aryl methyl sites for hydroxylation is 1. The van der Waals surface area contributed by atoms with Crippen molar-refractivity contribution >= 4 is 17.2 Å². The average molecular weight is 173 g/mol. The van der Waals surface area contributed by atoms with Gasteiger partial charge in [-0.2, -0.15) is 0 Å². The van der Waals surface area contributed by atoms with Gasteiger partial charge in [0, 0.05) is 25.2 Å². The van der Waals surface area contributed by atoms with Crippen LogP contribution in [0.25, 0.3) is 10.9 Å². The molecule has 0 spiro atoms. The molecular weight excluding hydrogens is 162 g/mol. The van der Waals surface area contributed by atoms with Gasteiger partial charge in [-0.3, -0.25) is 0 Å². The number of rotatable bonds is 2. The molecule has 0 amide bonds. The van der Waals surface area contributed by atoms with Crippen LogP contribution in [0, 0.1) is 0 Å². The summed E-state index contributed by atoms with van der Waals surface area (Å²) in [5, 5.41) is 1.20. The van der Waals surface area contributed by atoms with Crippen molar-refractivity contribution in [3.63, 3.8) is 0 Å². The quantitative estimate of drug-likeness (QED) is 0.636. The zero-order chi connectivity index (χ0) is 9.26. The molecule has 0 aliphatic rings. The summed E-state index contributed by atoms with van der Waals surface area (Å²) in [4.78, 5) is 10.3. The first-order valence-electron chi connectivity index (χ1n) is 4.29. The third-order valence-electron chi connectivity index (χ3n) is 2.27. The van der Waals surface area contributed by atoms with E-state index in [-0.39, 0.29) is 0 Å². The van der Waals surface area contributed by atoms with E-state index < -0.39 is 0 Å². The predicted octanol–water partition coefficient (Wildman–Crippen LogP) is 1.92. The van der Waals surface area contributed by atoms with Crippen molar-refractivity contribution in [2.75, 3.05) is 0 Å². The second-order valence-corrected chi connectivity index (χ2v) is 3.19. The largest absolute Gasteiger partial charge is 0.351 e. The highest BCUT2D eigenvalue weighted by Gasteiger charge is 1.98. The van der Waals surface area contributed by atoms with Crippen LogP contribution < -0.4 is 0 Å². The van der Waals surface area contributed by atoms with Crippen LogP contribution in [0.4, 0.5) is 0 Å². The molecule has 0 bridgehead atoms. The lowest BCUT2D eigenvalue weighted by Gasteiger charge is -1.98. The van der Waals surface area contributed by atoms with Gasteiger partial charge >= 0.3 is 0 Å². The summed E-state index contributed by atoms with van der Waals surface area (Å²) < 4.78 is 2.07. The van der Waals surface area contributed by atoms with Crippen LogP contribution in [0.3, 0.4) is 0 Å². The molecule has 2 nitrogen and oxygen atoms in total. The maximum Gasteiger partial charge on any atom is 0.124 e. The minimum absolute atomic E-state index is 0.505. The average Bonchev–Trinajstić information content (AvgIpc) is 2.48. The summed E-state index contributed by atoms with van der Waals surface area (Å²) in [5.74, 6) is 0. The smallest absolute Gasteiger partial charge is 0.124 e. The zero-order valence-corrected chi connectivity index (χ0v) is 7.53. The number of fused-ring (bicyclic) bond motifs is 1. The molecule has 2 rings (SSSR count). The molecule has 0 aliphatic carbocycles. The van der Waals surface area contributed by atoms with E-state index in [1.165, 1.54) is 10.9 Å². The molecule has 1 aromatic heterocycles. The van der Waals surface area contributed by atoms with Crippen LogP contribution in [-0.4, -0.2) is 10.9 Å². The van der Waals surface area contributed by atoms with Crippen LogP contribution in [0.1, 0.15) is 5.56 Å². The Bertz CT molecular complexity index is 442. The monoisotopic (exact) mass is 173 g/mol. The van der Waals surface area contributed by atoms with Gasteiger partial charge in [-0.25, -0.2) is 0 Å². The first-order valence-corrected chi connectivity index (χ1v) is 4.29. The molecule has 2 heteroatoms. The molecule has 1 heterocycles. The number of carbonyl (C=O) groups excluding carboxylic acids is 1. The van der Waals surface area contributed by atoms with Crippen LogP contribution >= 0.6 is 0 Å². The van der Waals surface area contributed by atoms with Gasteiger partial charge in [0.15, 0.2) is 0 Å². The number of nitrogens with zero attached hydrogens (tertiary/aromatic N) is 1. The van der Waals surface area contributed by atoms with Crippen LogP contribution in [0.2, 0.25) is 0 Å². The first-order chi connectivity index (χ1) is 6.31. The lowest BCUT2D eigenvalue weighted by Crippen LogP contribution is -1.87. The second kappa shape index (κ2) is 3.05. The van der Waals surface area contributed by atoms with Crippen molar-refractivity contribution in [2.24, 2.45) is 7.05 Å².